The summed E-state index contributed by atoms with van der Waals surface area (Å²) in [6, 6.07) is 13.8. The van der Waals surface area contributed by atoms with E-state index < -0.39 is 10.4 Å². The topological polar surface area (TPSA) is 73.5 Å². The molecule has 0 N–H and O–H groups in total. The van der Waals surface area contributed by atoms with Gasteiger partial charge in [-0.2, -0.15) is 0 Å². The minimum Gasteiger partial charge on any atom is -0.726 e. The highest BCUT2D eigenvalue weighted by molar-refractivity contribution is 7.80. The first-order valence-electron chi connectivity index (χ1n) is 19.6. The third kappa shape index (κ3) is 25.1. The van der Waals surface area contributed by atoms with Crippen molar-refractivity contribution in [2.75, 3.05) is 25.1 Å². The molecule has 6 nitrogen and oxygen atoms in total. The SMILES string of the molecule is CCCCCCCCCCCCCCN(CCCCCCCCCCCCCC)c1ccc(-c2cc[n+](C)cc2)cc1.COS(=O)(=O)[O-]. The Morgan fingerprint density at radius 2 is 0.833 bits per heavy atom. The molecular weight excluding hydrogens is 617 g/mol. The lowest BCUT2D eigenvalue weighted by Crippen LogP contribution is -2.26. The summed E-state index contributed by atoms with van der Waals surface area (Å²) in [6.45, 7) is 7.02. The summed E-state index contributed by atoms with van der Waals surface area (Å²) in [7, 11) is -1.52. The van der Waals surface area contributed by atoms with Crippen molar-refractivity contribution in [2.24, 2.45) is 7.05 Å². The van der Waals surface area contributed by atoms with Crippen molar-refractivity contribution in [2.45, 2.75) is 168 Å². The number of aromatic nitrogens is 1. The minimum absolute atomic E-state index is 0.808. The van der Waals surface area contributed by atoms with Crippen LogP contribution < -0.4 is 9.47 Å². The van der Waals surface area contributed by atoms with Crippen LogP contribution in [0.5, 0.6) is 0 Å². The number of benzene rings is 1. The molecule has 0 fully saturated rings. The van der Waals surface area contributed by atoms with E-state index in [9.17, 15) is 13.0 Å². The monoisotopic (exact) mass is 689 g/mol. The molecule has 1 aromatic heterocycles. The molecule has 0 saturated heterocycles. The molecule has 1 heterocycles. The van der Waals surface area contributed by atoms with E-state index in [0.29, 0.717) is 0 Å². The van der Waals surface area contributed by atoms with E-state index in [1.165, 1.54) is 184 Å². The zero-order valence-corrected chi connectivity index (χ0v) is 32.3. The standard InChI is InChI=1S/C40H69N2.CH4O4S/c1-4-6-8-10-12-14-16-18-20-22-24-26-34-42(35-27-25-23-21-19-17-15-13-11-9-7-5-2)40-30-28-38(29-31-40)39-32-36-41(3)37-33-39;1-5-6(2,3)4/h28-33,36-37H,4-27,34-35H2,1-3H3;1H3,(H,2,3,4)/q+1;/p-1. The van der Waals surface area contributed by atoms with Crippen molar-refractivity contribution in [3.05, 3.63) is 48.8 Å². The van der Waals surface area contributed by atoms with Crippen LogP contribution in [0.4, 0.5) is 5.69 Å². The van der Waals surface area contributed by atoms with Crippen LogP contribution in [0.2, 0.25) is 0 Å². The maximum absolute atomic E-state index is 9.22. The second-order valence-corrected chi connectivity index (χ2v) is 14.8. The van der Waals surface area contributed by atoms with Gasteiger partial charge >= 0.3 is 0 Å². The van der Waals surface area contributed by atoms with Crippen molar-refractivity contribution in [3.8, 4) is 11.1 Å². The van der Waals surface area contributed by atoms with E-state index in [4.69, 9.17) is 0 Å². The van der Waals surface area contributed by atoms with Gasteiger partial charge in [-0.3, -0.25) is 4.18 Å². The summed E-state index contributed by atoms with van der Waals surface area (Å²) in [4.78, 5) is 2.68. The number of pyridine rings is 1. The van der Waals surface area contributed by atoms with Gasteiger partial charge in [-0.05, 0) is 36.1 Å². The molecule has 0 saturated carbocycles. The van der Waals surface area contributed by atoms with Gasteiger partial charge in [0.25, 0.3) is 0 Å². The number of unbranched alkanes of at least 4 members (excludes halogenated alkanes) is 22. The Bertz CT molecular complexity index is 1060. The molecule has 0 radical (unpaired) electrons. The number of hydrogen-bond donors (Lipinski definition) is 0. The average Bonchev–Trinajstić information content (AvgIpc) is 3.08. The maximum atomic E-state index is 9.22. The lowest BCUT2D eigenvalue weighted by atomic mass is 10.0. The Labute approximate surface area is 297 Å². The van der Waals surface area contributed by atoms with Crippen LogP contribution in [-0.2, 0) is 21.6 Å². The fourth-order valence-corrected chi connectivity index (χ4v) is 6.22. The molecule has 0 bridgehead atoms. The van der Waals surface area contributed by atoms with Gasteiger partial charge in [-0.15, -0.1) is 0 Å². The number of hydrogen-bond acceptors (Lipinski definition) is 5. The highest BCUT2D eigenvalue weighted by Gasteiger charge is 2.08. The Balaban J connectivity index is 0.00000175. The van der Waals surface area contributed by atoms with Crippen LogP contribution in [0.15, 0.2) is 48.8 Å². The molecule has 0 aliphatic carbocycles. The zero-order valence-electron chi connectivity index (χ0n) is 31.4. The van der Waals surface area contributed by atoms with Gasteiger partial charge in [0.2, 0.25) is 10.4 Å². The second-order valence-electron chi connectivity index (χ2n) is 13.6. The molecular formula is C41H72N2O4S. The molecule has 0 amide bonds. The van der Waals surface area contributed by atoms with Crippen molar-refractivity contribution in [1.82, 2.24) is 0 Å². The molecule has 2 aromatic rings. The van der Waals surface area contributed by atoms with E-state index in [1.54, 1.807) is 0 Å². The lowest BCUT2D eigenvalue weighted by molar-refractivity contribution is -0.671. The van der Waals surface area contributed by atoms with Crippen LogP contribution in [0.3, 0.4) is 0 Å². The number of nitrogens with zero attached hydrogens (tertiary/aromatic N) is 2. The van der Waals surface area contributed by atoms with Gasteiger partial charge in [0.15, 0.2) is 12.4 Å². The largest absolute Gasteiger partial charge is 0.726 e. The van der Waals surface area contributed by atoms with Crippen LogP contribution in [0, 0.1) is 0 Å². The molecule has 0 spiro atoms. The van der Waals surface area contributed by atoms with Gasteiger partial charge in [-0.25, -0.2) is 13.0 Å². The Morgan fingerprint density at radius 1 is 0.542 bits per heavy atom. The van der Waals surface area contributed by atoms with Gasteiger partial charge in [-0.1, -0.05) is 167 Å². The fraction of sp³-hybridized carbons (Fsp3) is 0.732. The van der Waals surface area contributed by atoms with E-state index >= 15 is 0 Å². The normalized spacial score (nSPS) is 11.4. The number of anilines is 1. The Hall–Kier alpha value is -1.96. The Morgan fingerprint density at radius 3 is 1.15 bits per heavy atom. The molecule has 48 heavy (non-hydrogen) atoms. The van der Waals surface area contributed by atoms with E-state index in [0.717, 1.165) is 7.11 Å². The van der Waals surface area contributed by atoms with Crippen molar-refractivity contribution in [3.63, 3.8) is 0 Å². The third-order valence-corrected chi connectivity index (χ3v) is 9.72. The maximum Gasteiger partial charge on any atom is 0.217 e. The van der Waals surface area contributed by atoms with Crippen molar-refractivity contribution < 1.29 is 21.7 Å². The summed E-state index contributed by atoms with van der Waals surface area (Å²) in [5, 5.41) is 0. The highest BCUT2D eigenvalue weighted by Crippen LogP contribution is 2.24. The molecule has 0 atom stereocenters. The summed E-state index contributed by atoms with van der Waals surface area (Å²) in [5.74, 6) is 0. The molecule has 0 unspecified atom stereocenters. The predicted molar refractivity (Wildman–Crippen MR) is 204 cm³/mol. The van der Waals surface area contributed by atoms with Gasteiger partial charge in [0.05, 0.1) is 7.11 Å². The number of rotatable bonds is 29. The third-order valence-electron chi connectivity index (χ3n) is 9.31. The van der Waals surface area contributed by atoms with Gasteiger partial charge in [0, 0.05) is 30.9 Å². The smallest absolute Gasteiger partial charge is 0.217 e. The highest BCUT2D eigenvalue weighted by atomic mass is 32.3. The first-order chi connectivity index (χ1) is 23.3. The molecule has 7 heteroatoms. The quantitative estimate of drug-likeness (QED) is 0.0368. The zero-order chi connectivity index (χ0) is 35.1. The molecule has 0 aliphatic rings. The summed E-state index contributed by atoms with van der Waals surface area (Å²) < 4.78 is 33.1. The van der Waals surface area contributed by atoms with Crippen LogP contribution in [0.25, 0.3) is 11.1 Å². The van der Waals surface area contributed by atoms with E-state index in [-0.39, 0.29) is 0 Å². The summed E-state index contributed by atoms with van der Waals surface area (Å²) in [6.07, 6.45) is 38.3. The van der Waals surface area contributed by atoms with Crippen molar-refractivity contribution in [1.29, 1.82) is 0 Å². The first kappa shape index (κ1) is 44.1. The molecule has 0 aliphatic heterocycles. The molecule has 276 valence electrons. The fourth-order valence-electron chi connectivity index (χ4n) is 6.22. The minimum atomic E-state index is -4.41. The predicted octanol–water partition coefficient (Wildman–Crippen LogP) is 11.5. The summed E-state index contributed by atoms with van der Waals surface area (Å²) >= 11 is 0. The van der Waals surface area contributed by atoms with Gasteiger partial charge < -0.3 is 9.45 Å². The molecule has 1 aromatic carbocycles. The van der Waals surface area contributed by atoms with E-state index in [2.05, 4.69) is 83.3 Å². The first-order valence-corrected chi connectivity index (χ1v) is 21.0. The lowest BCUT2D eigenvalue weighted by Gasteiger charge is -2.25. The van der Waals surface area contributed by atoms with Crippen LogP contribution in [0.1, 0.15) is 168 Å². The van der Waals surface area contributed by atoms with Crippen LogP contribution >= 0.6 is 0 Å². The molecule has 2 rings (SSSR count). The second kappa shape index (κ2) is 29.9. The van der Waals surface area contributed by atoms with E-state index in [1.807, 2.05) is 0 Å². The van der Waals surface area contributed by atoms with Gasteiger partial charge in [0.1, 0.15) is 7.05 Å². The van der Waals surface area contributed by atoms with Crippen LogP contribution in [-0.4, -0.2) is 33.2 Å². The van der Waals surface area contributed by atoms with Crippen molar-refractivity contribution >= 4 is 16.1 Å². The Kier molecular flexibility index (Phi) is 27.5. The summed E-state index contributed by atoms with van der Waals surface area (Å²) in [5.41, 5.74) is 4.02. The number of aryl methyl sites for hydroxylation is 1. The average molecular weight is 689 g/mol.